The van der Waals surface area contributed by atoms with E-state index in [0.717, 1.165) is 0 Å². The van der Waals surface area contributed by atoms with E-state index in [4.69, 9.17) is 9.47 Å². The SMILES string of the molecule is CC(=O)Nc1ccc(C(=O)OCC(=O)N2CC(C)OC(C)C2)cc1. The molecule has 7 heteroatoms. The molecule has 130 valence electrons. The van der Waals surface area contributed by atoms with Gasteiger partial charge in [0.15, 0.2) is 6.61 Å². The highest BCUT2D eigenvalue weighted by atomic mass is 16.5. The van der Waals surface area contributed by atoms with Crippen LogP contribution >= 0.6 is 0 Å². The lowest BCUT2D eigenvalue weighted by molar-refractivity contribution is -0.146. The van der Waals surface area contributed by atoms with E-state index < -0.39 is 5.97 Å². The van der Waals surface area contributed by atoms with Crippen LogP contribution in [0.15, 0.2) is 24.3 Å². The lowest BCUT2D eigenvalue weighted by atomic mass is 10.2. The Hall–Kier alpha value is -2.41. The molecular weight excluding hydrogens is 312 g/mol. The van der Waals surface area contributed by atoms with Crippen molar-refractivity contribution in [3.8, 4) is 0 Å². The topological polar surface area (TPSA) is 84.9 Å². The number of benzene rings is 1. The van der Waals surface area contributed by atoms with E-state index in [1.54, 1.807) is 17.0 Å². The van der Waals surface area contributed by atoms with Gasteiger partial charge in [-0.3, -0.25) is 9.59 Å². The number of ether oxygens (including phenoxy) is 2. The Bertz CT molecular complexity index is 604. The molecule has 0 radical (unpaired) electrons. The molecule has 0 bridgehead atoms. The second-order valence-corrected chi connectivity index (χ2v) is 5.89. The molecule has 7 nitrogen and oxygen atoms in total. The summed E-state index contributed by atoms with van der Waals surface area (Å²) < 4.78 is 10.6. The van der Waals surface area contributed by atoms with E-state index in [0.29, 0.717) is 24.3 Å². The number of carbonyl (C=O) groups excluding carboxylic acids is 3. The minimum absolute atomic E-state index is 0.0327. The first-order valence-corrected chi connectivity index (χ1v) is 7.83. The van der Waals surface area contributed by atoms with Gasteiger partial charge in [-0.2, -0.15) is 0 Å². The molecule has 0 aromatic heterocycles. The van der Waals surface area contributed by atoms with Crippen LogP contribution in [0.4, 0.5) is 5.69 Å². The summed E-state index contributed by atoms with van der Waals surface area (Å²) in [4.78, 5) is 36.7. The van der Waals surface area contributed by atoms with Gasteiger partial charge in [0.1, 0.15) is 0 Å². The van der Waals surface area contributed by atoms with Crippen LogP contribution in [0.5, 0.6) is 0 Å². The Balaban J connectivity index is 1.86. The van der Waals surface area contributed by atoms with Crippen LogP contribution in [-0.4, -0.2) is 54.6 Å². The van der Waals surface area contributed by atoms with Gasteiger partial charge in [-0.05, 0) is 38.1 Å². The first-order chi connectivity index (χ1) is 11.3. The van der Waals surface area contributed by atoms with Crippen molar-refractivity contribution in [1.82, 2.24) is 4.90 Å². The third-order valence-electron chi connectivity index (χ3n) is 3.54. The number of nitrogens with zero attached hydrogens (tertiary/aromatic N) is 1. The molecule has 1 aliphatic heterocycles. The van der Waals surface area contributed by atoms with Crippen molar-refractivity contribution >= 4 is 23.5 Å². The molecule has 0 saturated carbocycles. The van der Waals surface area contributed by atoms with Gasteiger partial charge < -0.3 is 19.7 Å². The summed E-state index contributed by atoms with van der Waals surface area (Å²) in [5, 5.41) is 2.61. The van der Waals surface area contributed by atoms with Crippen molar-refractivity contribution in [1.29, 1.82) is 0 Å². The summed E-state index contributed by atoms with van der Waals surface area (Å²) in [6.07, 6.45) is -0.0653. The normalized spacial score (nSPS) is 20.4. The van der Waals surface area contributed by atoms with Gasteiger partial charge in [-0.15, -0.1) is 0 Å². The second-order valence-electron chi connectivity index (χ2n) is 5.89. The first-order valence-electron chi connectivity index (χ1n) is 7.83. The summed E-state index contributed by atoms with van der Waals surface area (Å²) in [7, 11) is 0. The maximum Gasteiger partial charge on any atom is 0.338 e. The Kier molecular flexibility index (Phi) is 5.92. The monoisotopic (exact) mass is 334 g/mol. The Morgan fingerprint density at radius 3 is 2.29 bits per heavy atom. The zero-order chi connectivity index (χ0) is 17.7. The molecule has 1 N–H and O–H groups in total. The lowest BCUT2D eigenvalue weighted by Gasteiger charge is -2.35. The van der Waals surface area contributed by atoms with Gasteiger partial charge in [-0.25, -0.2) is 4.79 Å². The molecule has 24 heavy (non-hydrogen) atoms. The molecule has 2 amide bonds. The molecule has 2 rings (SSSR count). The van der Waals surface area contributed by atoms with Gasteiger partial charge in [0, 0.05) is 25.7 Å². The maximum absolute atomic E-state index is 12.1. The van der Waals surface area contributed by atoms with Crippen molar-refractivity contribution in [2.45, 2.75) is 33.0 Å². The molecule has 0 aliphatic carbocycles. The van der Waals surface area contributed by atoms with E-state index in [2.05, 4.69) is 5.32 Å². The standard InChI is InChI=1S/C17H22N2O5/c1-11-8-19(9-12(2)24-11)16(21)10-23-17(22)14-4-6-15(7-5-14)18-13(3)20/h4-7,11-12H,8-10H2,1-3H3,(H,18,20). The van der Waals surface area contributed by atoms with Crippen molar-refractivity contribution < 1.29 is 23.9 Å². The summed E-state index contributed by atoms with van der Waals surface area (Å²) in [6.45, 7) is 5.89. The number of amides is 2. The fourth-order valence-electron chi connectivity index (χ4n) is 2.58. The van der Waals surface area contributed by atoms with E-state index in [1.165, 1.54) is 19.1 Å². The van der Waals surface area contributed by atoms with Gasteiger partial charge in [0.25, 0.3) is 5.91 Å². The second kappa shape index (κ2) is 7.92. The van der Waals surface area contributed by atoms with Gasteiger partial charge >= 0.3 is 5.97 Å². The van der Waals surface area contributed by atoms with Crippen LogP contribution in [0.1, 0.15) is 31.1 Å². The number of esters is 1. The van der Waals surface area contributed by atoms with Gasteiger partial charge in [0.2, 0.25) is 5.91 Å². The average Bonchev–Trinajstić information content (AvgIpc) is 2.51. The highest BCUT2D eigenvalue weighted by Crippen LogP contribution is 2.12. The largest absolute Gasteiger partial charge is 0.452 e. The number of hydrogen-bond donors (Lipinski definition) is 1. The van der Waals surface area contributed by atoms with Crippen LogP contribution in [0, 0.1) is 0 Å². The number of hydrogen-bond acceptors (Lipinski definition) is 5. The number of rotatable bonds is 4. The zero-order valence-electron chi connectivity index (χ0n) is 14.1. The number of anilines is 1. The fraction of sp³-hybridized carbons (Fsp3) is 0.471. The Morgan fingerprint density at radius 1 is 1.17 bits per heavy atom. The predicted octanol–water partition coefficient (Wildman–Crippen LogP) is 1.44. The molecule has 2 atom stereocenters. The third kappa shape index (κ3) is 5.06. The van der Waals surface area contributed by atoms with Crippen LogP contribution in [0.25, 0.3) is 0 Å². The smallest absolute Gasteiger partial charge is 0.338 e. The first kappa shape index (κ1) is 17.9. The van der Waals surface area contributed by atoms with Crippen molar-refractivity contribution in [2.24, 2.45) is 0 Å². The highest BCUT2D eigenvalue weighted by Gasteiger charge is 2.26. The summed E-state index contributed by atoms with van der Waals surface area (Å²) in [6, 6.07) is 6.28. The molecule has 1 heterocycles. The van der Waals surface area contributed by atoms with Gasteiger partial charge in [0.05, 0.1) is 17.8 Å². The molecule has 2 unspecified atom stereocenters. The molecule has 1 aliphatic rings. The summed E-state index contributed by atoms with van der Waals surface area (Å²) in [5.41, 5.74) is 0.909. The Morgan fingerprint density at radius 2 is 1.75 bits per heavy atom. The number of carbonyl (C=O) groups is 3. The van der Waals surface area contributed by atoms with Crippen LogP contribution < -0.4 is 5.32 Å². The fourth-order valence-corrected chi connectivity index (χ4v) is 2.58. The quantitative estimate of drug-likeness (QED) is 0.842. The van der Waals surface area contributed by atoms with Crippen molar-refractivity contribution in [3.63, 3.8) is 0 Å². The molecule has 1 saturated heterocycles. The van der Waals surface area contributed by atoms with E-state index in [-0.39, 0.29) is 30.6 Å². The third-order valence-corrected chi connectivity index (χ3v) is 3.54. The molecule has 1 aromatic rings. The minimum atomic E-state index is -0.577. The number of nitrogens with one attached hydrogen (secondary N) is 1. The van der Waals surface area contributed by atoms with E-state index in [9.17, 15) is 14.4 Å². The lowest BCUT2D eigenvalue weighted by Crippen LogP contribution is -2.49. The van der Waals surface area contributed by atoms with E-state index in [1.807, 2.05) is 13.8 Å². The molecular formula is C17H22N2O5. The Labute approximate surface area is 140 Å². The summed E-state index contributed by atoms with van der Waals surface area (Å²) in [5.74, 6) is -1.00. The van der Waals surface area contributed by atoms with Crippen LogP contribution in [-0.2, 0) is 19.1 Å². The average molecular weight is 334 g/mol. The molecule has 1 fully saturated rings. The van der Waals surface area contributed by atoms with Crippen molar-refractivity contribution in [2.75, 3.05) is 25.0 Å². The number of morpholine rings is 1. The minimum Gasteiger partial charge on any atom is -0.452 e. The summed E-state index contributed by atoms with van der Waals surface area (Å²) >= 11 is 0. The predicted molar refractivity (Wildman–Crippen MR) is 87.6 cm³/mol. The zero-order valence-corrected chi connectivity index (χ0v) is 14.1. The maximum atomic E-state index is 12.1. The van der Waals surface area contributed by atoms with Crippen LogP contribution in [0.3, 0.4) is 0 Å². The molecule has 0 spiro atoms. The highest BCUT2D eigenvalue weighted by molar-refractivity contribution is 5.93. The van der Waals surface area contributed by atoms with Crippen LogP contribution in [0.2, 0.25) is 0 Å². The van der Waals surface area contributed by atoms with Gasteiger partial charge in [-0.1, -0.05) is 0 Å². The molecule has 1 aromatic carbocycles. The van der Waals surface area contributed by atoms with E-state index >= 15 is 0 Å². The van der Waals surface area contributed by atoms with Crippen molar-refractivity contribution in [3.05, 3.63) is 29.8 Å².